The van der Waals surface area contributed by atoms with Crippen molar-refractivity contribution in [2.45, 2.75) is 20.8 Å². The molecule has 4 aromatic carbocycles. The van der Waals surface area contributed by atoms with E-state index in [1.54, 1.807) is 0 Å². The summed E-state index contributed by atoms with van der Waals surface area (Å²) in [5.74, 6) is 0. The molecule has 0 N–H and O–H groups in total. The number of rotatable bonds is 2. The average molecular weight is 381 g/mol. The summed E-state index contributed by atoms with van der Waals surface area (Å²) in [6.45, 7) is 6.13. The van der Waals surface area contributed by atoms with Gasteiger partial charge in [0.1, 0.15) is 0 Å². The molecule has 1 heterocycles. The second kappa shape index (κ2) is 8.00. The first kappa shape index (κ1) is 18.5. The van der Waals surface area contributed by atoms with Crippen LogP contribution >= 0.6 is 11.3 Å². The summed E-state index contributed by atoms with van der Waals surface area (Å²) in [6.07, 6.45) is 0. The van der Waals surface area contributed by atoms with Crippen LogP contribution in [-0.2, 0) is 0 Å². The summed E-state index contributed by atoms with van der Waals surface area (Å²) in [7, 11) is 0. The molecule has 0 saturated heterocycles. The molecule has 1 heteroatoms. The van der Waals surface area contributed by atoms with Crippen LogP contribution in [0.5, 0.6) is 0 Å². The number of aryl methyl sites for hydroxylation is 1. The molecule has 0 spiro atoms. The van der Waals surface area contributed by atoms with Gasteiger partial charge in [-0.1, -0.05) is 110 Å². The van der Waals surface area contributed by atoms with Crippen molar-refractivity contribution in [3.8, 4) is 22.3 Å². The maximum Gasteiger partial charge on any atom is 0.0434 e. The van der Waals surface area contributed by atoms with Gasteiger partial charge in [-0.3, -0.25) is 0 Å². The molecule has 1 aromatic heterocycles. The Kier molecular flexibility index (Phi) is 5.27. The molecule has 0 aliphatic heterocycles. The molecule has 138 valence electrons. The first-order valence-corrected chi connectivity index (χ1v) is 10.7. The smallest absolute Gasteiger partial charge is 0.0434 e. The van der Waals surface area contributed by atoms with Gasteiger partial charge in [-0.05, 0) is 29.2 Å². The van der Waals surface area contributed by atoms with Crippen LogP contribution in [-0.4, -0.2) is 0 Å². The molecule has 0 aliphatic rings. The van der Waals surface area contributed by atoms with Gasteiger partial charge in [0, 0.05) is 20.2 Å². The van der Waals surface area contributed by atoms with Gasteiger partial charge in [-0.2, -0.15) is 0 Å². The van der Waals surface area contributed by atoms with E-state index in [-0.39, 0.29) is 0 Å². The van der Waals surface area contributed by atoms with E-state index in [1.165, 1.54) is 48.0 Å². The largest absolute Gasteiger partial charge is 0.134 e. The predicted molar refractivity (Wildman–Crippen MR) is 126 cm³/mol. The van der Waals surface area contributed by atoms with Crippen LogP contribution in [0.2, 0.25) is 0 Å². The van der Waals surface area contributed by atoms with Gasteiger partial charge in [0.15, 0.2) is 0 Å². The van der Waals surface area contributed by atoms with E-state index in [9.17, 15) is 0 Å². The highest BCUT2D eigenvalue weighted by atomic mass is 32.1. The molecule has 28 heavy (non-hydrogen) atoms. The molecule has 0 radical (unpaired) electrons. The van der Waals surface area contributed by atoms with Gasteiger partial charge in [0.25, 0.3) is 0 Å². The lowest BCUT2D eigenvalue weighted by atomic mass is 10.00. The van der Waals surface area contributed by atoms with E-state index in [4.69, 9.17) is 0 Å². The van der Waals surface area contributed by atoms with Crippen LogP contribution in [0.3, 0.4) is 0 Å². The summed E-state index contributed by atoms with van der Waals surface area (Å²) in [4.78, 5) is 0. The molecule has 0 amide bonds. The van der Waals surface area contributed by atoms with Gasteiger partial charge in [0.2, 0.25) is 0 Å². The zero-order chi connectivity index (χ0) is 19.5. The maximum absolute atomic E-state index is 2.25. The minimum absolute atomic E-state index is 1.28. The van der Waals surface area contributed by atoms with E-state index in [0.717, 1.165) is 0 Å². The second-order valence-electron chi connectivity index (χ2n) is 6.70. The Labute approximate surface area is 171 Å². The third-order valence-corrected chi connectivity index (χ3v) is 6.26. The molecule has 0 fully saturated rings. The Bertz CT molecular complexity index is 1210. The van der Waals surface area contributed by atoms with E-state index >= 15 is 0 Å². The average Bonchev–Trinajstić information content (AvgIpc) is 3.15. The van der Waals surface area contributed by atoms with Gasteiger partial charge in [0.05, 0.1) is 0 Å². The van der Waals surface area contributed by atoms with Crippen LogP contribution in [0.4, 0.5) is 0 Å². The Hall–Kier alpha value is -2.90. The molecule has 5 rings (SSSR count). The van der Waals surface area contributed by atoms with Gasteiger partial charge in [-0.25, -0.2) is 0 Å². The Morgan fingerprint density at radius 3 is 1.54 bits per heavy atom. The number of thiophene rings is 1. The van der Waals surface area contributed by atoms with Gasteiger partial charge in [-0.15, -0.1) is 11.3 Å². The lowest BCUT2D eigenvalue weighted by Gasteiger charge is -2.04. The second-order valence-corrected chi connectivity index (χ2v) is 7.72. The van der Waals surface area contributed by atoms with Crippen molar-refractivity contribution in [3.63, 3.8) is 0 Å². The minimum atomic E-state index is 1.28. The topological polar surface area (TPSA) is 0 Å². The summed E-state index contributed by atoms with van der Waals surface area (Å²) in [6, 6.07) is 32.9. The highest BCUT2D eigenvalue weighted by molar-refractivity contribution is 7.26. The zero-order valence-corrected chi connectivity index (χ0v) is 17.4. The van der Waals surface area contributed by atoms with Crippen LogP contribution in [0.1, 0.15) is 19.4 Å². The molecule has 0 bridgehead atoms. The van der Waals surface area contributed by atoms with Crippen molar-refractivity contribution in [1.82, 2.24) is 0 Å². The van der Waals surface area contributed by atoms with Gasteiger partial charge >= 0.3 is 0 Å². The van der Waals surface area contributed by atoms with Crippen molar-refractivity contribution >= 4 is 31.5 Å². The third kappa shape index (κ3) is 3.23. The molecule has 5 aromatic rings. The number of fused-ring (bicyclic) bond motifs is 3. The van der Waals surface area contributed by atoms with Crippen molar-refractivity contribution in [1.29, 1.82) is 0 Å². The Morgan fingerprint density at radius 1 is 0.500 bits per heavy atom. The van der Waals surface area contributed by atoms with Gasteiger partial charge < -0.3 is 0 Å². The SMILES string of the molecule is CC.Cc1ccc(-c2cccc3c2sc2c(-c4ccccc4)cccc23)cc1. The first-order valence-electron chi connectivity index (χ1n) is 9.88. The predicted octanol–water partition coefficient (Wildman–Crippen LogP) is 8.72. The molecule has 0 unspecified atom stereocenters. The molecule has 0 aliphatic carbocycles. The molecule has 0 nitrogen and oxygen atoms in total. The summed E-state index contributed by atoms with van der Waals surface area (Å²) in [5.41, 5.74) is 6.50. The summed E-state index contributed by atoms with van der Waals surface area (Å²) in [5, 5.41) is 2.70. The van der Waals surface area contributed by atoms with Crippen molar-refractivity contribution in [2.75, 3.05) is 0 Å². The lowest BCUT2D eigenvalue weighted by Crippen LogP contribution is -1.79. The van der Waals surface area contributed by atoms with E-state index in [2.05, 4.69) is 97.9 Å². The Balaban J connectivity index is 0.000000932. The lowest BCUT2D eigenvalue weighted by molar-refractivity contribution is 1.47. The molecule has 0 atom stereocenters. The van der Waals surface area contributed by atoms with Crippen LogP contribution in [0, 0.1) is 6.92 Å². The molecular formula is C27H24S. The van der Waals surface area contributed by atoms with Crippen LogP contribution in [0.25, 0.3) is 42.4 Å². The number of hydrogen-bond donors (Lipinski definition) is 0. The molecule has 0 saturated carbocycles. The normalized spacial score (nSPS) is 10.7. The van der Waals surface area contributed by atoms with E-state index < -0.39 is 0 Å². The molecular weight excluding hydrogens is 356 g/mol. The fourth-order valence-corrected chi connectivity index (χ4v) is 5.00. The number of benzene rings is 4. The number of hydrogen-bond acceptors (Lipinski definition) is 1. The van der Waals surface area contributed by atoms with E-state index in [1.807, 2.05) is 25.2 Å². The maximum atomic E-state index is 2.25. The minimum Gasteiger partial charge on any atom is -0.134 e. The third-order valence-electron chi connectivity index (χ3n) is 4.97. The standard InChI is InChI=1S/C25H18S.C2H6/c1-17-13-15-19(16-14-17)21-10-6-12-23-22-11-5-9-20(24(22)26-25(21)23)18-7-3-2-4-8-18;1-2/h2-16H,1H3;1-2H3. The van der Waals surface area contributed by atoms with Crippen LogP contribution < -0.4 is 0 Å². The first-order chi connectivity index (χ1) is 13.8. The van der Waals surface area contributed by atoms with Crippen molar-refractivity contribution in [3.05, 3.63) is 96.6 Å². The highest BCUT2D eigenvalue weighted by Crippen LogP contribution is 2.43. The zero-order valence-electron chi connectivity index (χ0n) is 16.6. The quantitative estimate of drug-likeness (QED) is 0.287. The van der Waals surface area contributed by atoms with Crippen molar-refractivity contribution in [2.24, 2.45) is 0 Å². The van der Waals surface area contributed by atoms with Crippen molar-refractivity contribution < 1.29 is 0 Å². The van der Waals surface area contributed by atoms with E-state index in [0.29, 0.717) is 0 Å². The summed E-state index contributed by atoms with van der Waals surface area (Å²) >= 11 is 1.91. The summed E-state index contributed by atoms with van der Waals surface area (Å²) < 4.78 is 2.74. The fraction of sp³-hybridized carbons (Fsp3) is 0.111. The fourth-order valence-electron chi connectivity index (χ4n) is 3.63. The van der Waals surface area contributed by atoms with Crippen LogP contribution in [0.15, 0.2) is 91.0 Å². The monoisotopic (exact) mass is 380 g/mol. The highest BCUT2D eigenvalue weighted by Gasteiger charge is 2.13. The Morgan fingerprint density at radius 2 is 1.00 bits per heavy atom.